The molecular weight excluding hydrogens is 489 g/mol. The Morgan fingerprint density at radius 2 is 1.68 bits per heavy atom. The molecule has 0 bridgehead atoms. The second kappa shape index (κ2) is 10.2. The summed E-state index contributed by atoms with van der Waals surface area (Å²) in [6.45, 7) is 1.87. The molecule has 8 nitrogen and oxygen atoms in total. The van der Waals surface area contributed by atoms with Crippen molar-refractivity contribution in [3.8, 4) is 23.3 Å². The summed E-state index contributed by atoms with van der Waals surface area (Å²) in [5.74, 6) is 0.932. The fourth-order valence-corrected chi connectivity index (χ4v) is 4.44. The van der Waals surface area contributed by atoms with Crippen LogP contribution in [-0.4, -0.2) is 40.7 Å². The van der Waals surface area contributed by atoms with Crippen molar-refractivity contribution in [3.05, 3.63) is 77.4 Å². The molecule has 0 amide bonds. The average Bonchev–Trinajstić information content (AvgIpc) is 3.73. The van der Waals surface area contributed by atoms with Crippen molar-refractivity contribution in [2.45, 2.75) is 32.6 Å². The van der Waals surface area contributed by atoms with E-state index in [1.807, 2.05) is 6.92 Å². The summed E-state index contributed by atoms with van der Waals surface area (Å²) in [5.41, 5.74) is 2.34. The zero-order valence-electron chi connectivity index (χ0n) is 21.3. The molecule has 0 unspecified atom stereocenters. The number of pyridine rings is 3. The van der Waals surface area contributed by atoms with Gasteiger partial charge in [-0.05, 0) is 48.6 Å². The minimum absolute atomic E-state index is 0.102. The number of fused-ring (bicyclic) bond motifs is 1. The van der Waals surface area contributed by atoms with Crippen molar-refractivity contribution in [2.75, 3.05) is 14.2 Å². The van der Waals surface area contributed by atoms with Crippen molar-refractivity contribution < 1.29 is 28.2 Å². The summed E-state index contributed by atoms with van der Waals surface area (Å²) in [7, 11) is 3.03. The number of hydrogen-bond donors (Lipinski definition) is 0. The van der Waals surface area contributed by atoms with E-state index in [0.29, 0.717) is 52.7 Å². The summed E-state index contributed by atoms with van der Waals surface area (Å²) >= 11 is 0. The number of methoxy groups -OCH3 is 2. The Morgan fingerprint density at radius 1 is 0.947 bits per heavy atom. The van der Waals surface area contributed by atoms with Gasteiger partial charge in [0.2, 0.25) is 5.88 Å². The van der Waals surface area contributed by atoms with Crippen LogP contribution in [0.25, 0.3) is 11.0 Å². The van der Waals surface area contributed by atoms with E-state index in [-0.39, 0.29) is 30.2 Å². The third-order valence-corrected chi connectivity index (χ3v) is 6.88. The number of halogens is 1. The fraction of sp³-hybridized carbons (Fsp3) is 0.276. The molecule has 0 radical (unpaired) electrons. The van der Waals surface area contributed by atoms with Gasteiger partial charge >= 0.3 is 0 Å². The van der Waals surface area contributed by atoms with Crippen LogP contribution in [-0.2, 0) is 22.4 Å². The number of benzene rings is 1. The normalized spacial score (nSPS) is 13.7. The predicted octanol–water partition coefficient (Wildman–Crippen LogP) is 4.99. The number of nitrogens with zero attached hydrogens (tertiary/aromatic N) is 3. The minimum Gasteiger partial charge on any atom is -0.491 e. The summed E-state index contributed by atoms with van der Waals surface area (Å²) in [6.07, 6.45) is 4.49. The zero-order valence-corrected chi connectivity index (χ0v) is 21.3. The lowest BCUT2D eigenvalue weighted by atomic mass is 9.87. The zero-order chi connectivity index (χ0) is 26.9. The molecule has 194 valence electrons. The molecule has 5 rings (SSSR count). The number of hydrogen-bond acceptors (Lipinski definition) is 8. The van der Waals surface area contributed by atoms with Gasteiger partial charge in [-0.25, -0.2) is 14.4 Å². The van der Waals surface area contributed by atoms with Crippen LogP contribution in [0.15, 0.2) is 54.9 Å². The first-order valence-corrected chi connectivity index (χ1v) is 12.1. The highest BCUT2D eigenvalue weighted by Gasteiger charge is 2.54. The number of ketones is 2. The second-order valence-electron chi connectivity index (χ2n) is 9.34. The Balaban J connectivity index is 1.31. The van der Waals surface area contributed by atoms with Crippen LogP contribution in [0.1, 0.15) is 29.5 Å². The number of Topliss-reactive ketones (excluding diaryl/α,β-unsaturated/α-hetero) is 2. The van der Waals surface area contributed by atoms with Crippen molar-refractivity contribution in [3.63, 3.8) is 0 Å². The third-order valence-electron chi connectivity index (χ3n) is 6.88. The van der Waals surface area contributed by atoms with Gasteiger partial charge in [-0.15, -0.1) is 0 Å². The van der Waals surface area contributed by atoms with Crippen LogP contribution >= 0.6 is 0 Å². The first-order valence-electron chi connectivity index (χ1n) is 12.1. The second-order valence-corrected chi connectivity index (χ2v) is 9.34. The molecule has 0 aliphatic heterocycles. The fourth-order valence-electron chi connectivity index (χ4n) is 4.44. The van der Waals surface area contributed by atoms with Crippen LogP contribution < -0.4 is 14.2 Å². The SMILES string of the molecule is COc1cc2nccc(Oc3cc(C)c(CC(=O)C4(C(=O)Cc5ccc(F)cc5)CC4)cn3)c2nc1OC. The maximum atomic E-state index is 13.2. The molecule has 1 aliphatic rings. The Bertz CT molecular complexity index is 1530. The van der Waals surface area contributed by atoms with Crippen LogP contribution in [0, 0.1) is 18.2 Å². The first kappa shape index (κ1) is 25.3. The monoisotopic (exact) mass is 515 g/mol. The largest absolute Gasteiger partial charge is 0.491 e. The van der Waals surface area contributed by atoms with Gasteiger partial charge in [-0.2, -0.15) is 0 Å². The number of carbonyl (C=O) groups is 2. The summed E-state index contributed by atoms with van der Waals surface area (Å²) < 4.78 is 29.8. The van der Waals surface area contributed by atoms with E-state index in [4.69, 9.17) is 14.2 Å². The van der Waals surface area contributed by atoms with E-state index >= 15 is 0 Å². The molecule has 3 aromatic heterocycles. The van der Waals surface area contributed by atoms with Crippen molar-refractivity contribution in [2.24, 2.45) is 5.41 Å². The van der Waals surface area contributed by atoms with Crippen LogP contribution in [0.5, 0.6) is 23.3 Å². The van der Waals surface area contributed by atoms with Gasteiger partial charge in [0.25, 0.3) is 5.88 Å². The summed E-state index contributed by atoms with van der Waals surface area (Å²) in [5, 5.41) is 0. The first-order chi connectivity index (χ1) is 18.3. The number of carbonyl (C=O) groups excluding carboxylic acids is 2. The van der Waals surface area contributed by atoms with Gasteiger partial charge in [0, 0.05) is 43.4 Å². The molecule has 9 heteroatoms. The standard InChI is InChI=1S/C29H26FN3O5/c1-17-12-26(38-22-8-11-31-21-15-23(36-2)28(37-3)33-27(21)22)32-16-19(17)14-25(35)29(9-10-29)24(34)13-18-4-6-20(30)7-5-18/h4-8,11-12,15-16H,9-10,13-14H2,1-3H3. The average molecular weight is 516 g/mol. The molecular formula is C29H26FN3O5. The highest BCUT2D eigenvalue weighted by Crippen LogP contribution is 2.49. The van der Waals surface area contributed by atoms with Crippen molar-refractivity contribution >= 4 is 22.6 Å². The molecule has 0 N–H and O–H groups in total. The van der Waals surface area contributed by atoms with E-state index < -0.39 is 5.41 Å². The molecule has 0 saturated heterocycles. The van der Waals surface area contributed by atoms with Crippen molar-refractivity contribution in [1.82, 2.24) is 15.0 Å². The van der Waals surface area contributed by atoms with E-state index in [9.17, 15) is 14.0 Å². The molecule has 1 fully saturated rings. The lowest BCUT2D eigenvalue weighted by molar-refractivity contribution is -0.133. The molecule has 1 aliphatic carbocycles. The Labute approximate surface area is 218 Å². The lowest BCUT2D eigenvalue weighted by Crippen LogP contribution is -2.29. The molecule has 4 aromatic rings. The lowest BCUT2D eigenvalue weighted by Gasteiger charge is -2.15. The van der Waals surface area contributed by atoms with E-state index in [1.54, 1.807) is 42.7 Å². The molecule has 0 atom stereocenters. The minimum atomic E-state index is -0.961. The van der Waals surface area contributed by atoms with Crippen LogP contribution in [0.4, 0.5) is 4.39 Å². The summed E-state index contributed by atoms with van der Waals surface area (Å²) in [4.78, 5) is 39.4. The third kappa shape index (κ3) is 4.91. The smallest absolute Gasteiger partial charge is 0.257 e. The van der Waals surface area contributed by atoms with E-state index in [2.05, 4.69) is 15.0 Å². The Hall–Kier alpha value is -4.40. The van der Waals surface area contributed by atoms with Crippen LogP contribution in [0.3, 0.4) is 0 Å². The molecule has 0 spiro atoms. The highest BCUT2D eigenvalue weighted by atomic mass is 19.1. The van der Waals surface area contributed by atoms with Crippen molar-refractivity contribution in [1.29, 1.82) is 0 Å². The molecule has 3 heterocycles. The van der Waals surface area contributed by atoms with E-state index in [0.717, 1.165) is 11.1 Å². The molecule has 38 heavy (non-hydrogen) atoms. The number of rotatable bonds is 10. The van der Waals surface area contributed by atoms with Gasteiger partial charge in [0.05, 0.1) is 25.2 Å². The number of ether oxygens (including phenoxy) is 3. The predicted molar refractivity (Wildman–Crippen MR) is 137 cm³/mol. The van der Waals surface area contributed by atoms with Gasteiger partial charge in [0.1, 0.15) is 11.3 Å². The Kier molecular flexibility index (Phi) is 6.75. The quantitative estimate of drug-likeness (QED) is 0.273. The number of aryl methyl sites for hydroxylation is 1. The molecule has 1 aromatic carbocycles. The van der Waals surface area contributed by atoms with Gasteiger partial charge in [-0.3, -0.25) is 14.6 Å². The summed E-state index contributed by atoms with van der Waals surface area (Å²) in [6, 6.07) is 10.9. The van der Waals surface area contributed by atoms with E-state index in [1.165, 1.54) is 26.4 Å². The van der Waals surface area contributed by atoms with Gasteiger partial charge in [0.15, 0.2) is 23.1 Å². The molecule has 1 saturated carbocycles. The number of aromatic nitrogens is 3. The van der Waals surface area contributed by atoms with Crippen LogP contribution in [0.2, 0.25) is 0 Å². The topological polar surface area (TPSA) is 101 Å². The maximum absolute atomic E-state index is 13.2. The highest BCUT2D eigenvalue weighted by molar-refractivity contribution is 6.11. The Morgan fingerprint density at radius 3 is 2.34 bits per heavy atom. The van der Waals surface area contributed by atoms with Gasteiger partial charge < -0.3 is 14.2 Å². The maximum Gasteiger partial charge on any atom is 0.257 e. The van der Waals surface area contributed by atoms with Gasteiger partial charge in [-0.1, -0.05) is 12.1 Å².